The maximum atomic E-state index is 11.7. The molecule has 1 aromatic carbocycles. The fourth-order valence-corrected chi connectivity index (χ4v) is 1.63. The summed E-state index contributed by atoms with van der Waals surface area (Å²) in [6.45, 7) is 0. The zero-order valence-corrected chi connectivity index (χ0v) is 11.1. The molecule has 0 saturated heterocycles. The molecule has 0 aliphatic carbocycles. The predicted octanol–water partition coefficient (Wildman–Crippen LogP) is 1.78. The Labute approximate surface area is 117 Å². The number of pyridine rings is 1. The van der Waals surface area contributed by atoms with Gasteiger partial charge in [0.05, 0.1) is 25.4 Å². The van der Waals surface area contributed by atoms with Gasteiger partial charge in [-0.2, -0.15) is 5.10 Å². The van der Waals surface area contributed by atoms with E-state index >= 15 is 0 Å². The smallest absolute Gasteiger partial charge is 0.244 e. The van der Waals surface area contributed by atoms with Gasteiger partial charge in [-0.25, -0.2) is 5.43 Å². The van der Waals surface area contributed by atoms with E-state index in [0.717, 1.165) is 11.3 Å². The van der Waals surface area contributed by atoms with Gasteiger partial charge in [0.25, 0.3) is 0 Å². The number of ether oxygens (including phenoxy) is 1. The number of nitrogens with one attached hydrogen (secondary N) is 1. The van der Waals surface area contributed by atoms with Gasteiger partial charge in [0, 0.05) is 6.20 Å². The number of carbonyl (C=O) groups excluding carboxylic acids is 1. The molecule has 1 aromatic heterocycles. The lowest BCUT2D eigenvalue weighted by Crippen LogP contribution is -2.19. The molecule has 5 heteroatoms. The van der Waals surface area contributed by atoms with Crippen molar-refractivity contribution in [3.8, 4) is 5.75 Å². The van der Waals surface area contributed by atoms with Crippen LogP contribution in [0.3, 0.4) is 0 Å². The van der Waals surface area contributed by atoms with Crippen LogP contribution in [0.2, 0.25) is 0 Å². The molecule has 0 aliphatic rings. The molecule has 1 N–H and O–H groups in total. The molecule has 1 amide bonds. The molecule has 102 valence electrons. The minimum Gasteiger partial charge on any atom is -0.497 e. The van der Waals surface area contributed by atoms with Crippen molar-refractivity contribution < 1.29 is 9.53 Å². The predicted molar refractivity (Wildman–Crippen MR) is 76.7 cm³/mol. The zero-order valence-electron chi connectivity index (χ0n) is 11.1. The van der Waals surface area contributed by atoms with Crippen LogP contribution in [0, 0.1) is 0 Å². The number of methoxy groups -OCH3 is 1. The first-order valence-corrected chi connectivity index (χ1v) is 6.14. The van der Waals surface area contributed by atoms with E-state index in [1.165, 1.54) is 6.21 Å². The van der Waals surface area contributed by atoms with Gasteiger partial charge in [0.1, 0.15) is 5.75 Å². The highest BCUT2D eigenvalue weighted by molar-refractivity contribution is 5.82. The molecule has 0 aliphatic heterocycles. The van der Waals surface area contributed by atoms with Crippen LogP contribution >= 0.6 is 0 Å². The molecule has 2 aromatic rings. The summed E-state index contributed by atoms with van der Waals surface area (Å²) in [5.74, 6) is 0.540. The highest BCUT2D eigenvalue weighted by Gasteiger charge is 2.03. The van der Waals surface area contributed by atoms with Gasteiger partial charge < -0.3 is 4.74 Å². The Balaban J connectivity index is 1.88. The molecule has 0 radical (unpaired) electrons. The summed E-state index contributed by atoms with van der Waals surface area (Å²) in [5, 5.41) is 3.86. The van der Waals surface area contributed by atoms with E-state index in [2.05, 4.69) is 15.5 Å². The molecule has 2 rings (SSSR count). The molecule has 0 atom stereocenters. The number of hydrazone groups is 1. The first-order chi connectivity index (χ1) is 9.78. The van der Waals surface area contributed by atoms with Crippen molar-refractivity contribution in [1.82, 2.24) is 10.4 Å². The van der Waals surface area contributed by atoms with E-state index in [9.17, 15) is 4.79 Å². The standard InChI is InChI=1S/C15H15N3O2/c1-20-14-7-4-5-12(9-14)10-15(19)18-17-11-13-6-2-3-8-16-13/h2-9,11H,10H2,1H3,(H,18,19). The third-order valence-electron chi connectivity index (χ3n) is 2.57. The second kappa shape index (κ2) is 7.04. The van der Waals surface area contributed by atoms with E-state index in [4.69, 9.17) is 4.74 Å². The van der Waals surface area contributed by atoms with Gasteiger partial charge in [0.15, 0.2) is 0 Å². The van der Waals surface area contributed by atoms with Crippen LogP contribution in [0.25, 0.3) is 0 Å². The third kappa shape index (κ3) is 4.20. The van der Waals surface area contributed by atoms with Gasteiger partial charge in [-0.1, -0.05) is 18.2 Å². The molecule has 0 saturated carbocycles. The summed E-state index contributed by atoms with van der Waals surface area (Å²) in [6, 6.07) is 12.8. The Bertz CT molecular complexity index is 597. The highest BCUT2D eigenvalue weighted by atomic mass is 16.5. The second-order valence-corrected chi connectivity index (χ2v) is 4.08. The summed E-state index contributed by atoms with van der Waals surface area (Å²) in [4.78, 5) is 15.8. The number of amides is 1. The van der Waals surface area contributed by atoms with Crippen LogP contribution in [0.15, 0.2) is 53.8 Å². The van der Waals surface area contributed by atoms with E-state index in [1.807, 2.05) is 36.4 Å². The van der Waals surface area contributed by atoms with Crippen molar-refractivity contribution in [2.45, 2.75) is 6.42 Å². The van der Waals surface area contributed by atoms with E-state index in [0.29, 0.717) is 5.69 Å². The quantitative estimate of drug-likeness (QED) is 0.664. The minimum atomic E-state index is -0.189. The van der Waals surface area contributed by atoms with Crippen molar-refractivity contribution in [2.24, 2.45) is 5.10 Å². The van der Waals surface area contributed by atoms with E-state index < -0.39 is 0 Å². The molecular weight excluding hydrogens is 254 g/mol. The van der Waals surface area contributed by atoms with Gasteiger partial charge in [-0.15, -0.1) is 0 Å². The van der Waals surface area contributed by atoms with Crippen LogP contribution in [-0.4, -0.2) is 24.2 Å². The van der Waals surface area contributed by atoms with Crippen LogP contribution in [0.1, 0.15) is 11.3 Å². The average Bonchev–Trinajstić information content (AvgIpc) is 2.48. The molecule has 0 unspecified atom stereocenters. The van der Waals surface area contributed by atoms with Gasteiger partial charge in [-0.05, 0) is 29.8 Å². The average molecular weight is 269 g/mol. The molecule has 5 nitrogen and oxygen atoms in total. The Hall–Kier alpha value is -2.69. The highest BCUT2D eigenvalue weighted by Crippen LogP contribution is 2.12. The fourth-order valence-electron chi connectivity index (χ4n) is 1.63. The summed E-state index contributed by atoms with van der Waals surface area (Å²) >= 11 is 0. The number of aromatic nitrogens is 1. The monoisotopic (exact) mass is 269 g/mol. The number of rotatable bonds is 5. The van der Waals surface area contributed by atoms with Crippen molar-refractivity contribution in [1.29, 1.82) is 0 Å². The maximum absolute atomic E-state index is 11.7. The lowest BCUT2D eigenvalue weighted by Gasteiger charge is -2.03. The molecule has 1 heterocycles. The summed E-state index contributed by atoms with van der Waals surface area (Å²) in [7, 11) is 1.59. The minimum absolute atomic E-state index is 0.189. The van der Waals surface area contributed by atoms with Crippen molar-refractivity contribution in [3.05, 3.63) is 59.9 Å². The number of benzene rings is 1. The first-order valence-electron chi connectivity index (χ1n) is 6.14. The fraction of sp³-hybridized carbons (Fsp3) is 0.133. The van der Waals surface area contributed by atoms with E-state index in [1.54, 1.807) is 19.4 Å². The van der Waals surface area contributed by atoms with Crippen LogP contribution in [-0.2, 0) is 11.2 Å². The molecule has 0 fully saturated rings. The Morgan fingerprint density at radius 1 is 1.35 bits per heavy atom. The largest absolute Gasteiger partial charge is 0.497 e. The summed E-state index contributed by atoms with van der Waals surface area (Å²) in [6.07, 6.45) is 3.42. The van der Waals surface area contributed by atoms with Crippen LogP contribution < -0.4 is 10.2 Å². The number of hydrogen-bond donors (Lipinski definition) is 1. The summed E-state index contributed by atoms with van der Waals surface area (Å²) in [5.41, 5.74) is 4.03. The second-order valence-electron chi connectivity index (χ2n) is 4.08. The molecule has 0 spiro atoms. The number of hydrogen-bond acceptors (Lipinski definition) is 4. The first kappa shape index (κ1) is 13.7. The van der Waals surface area contributed by atoms with Gasteiger partial charge >= 0.3 is 0 Å². The molecule has 0 bridgehead atoms. The Morgan fingerprint density at radius 2 is 2.25 bits per heavy atom. The van der Waals surface area contributed by atoms with Gasteiger partial charge in [0.2, 0.25) is 5.91 Å². The van der Waals surface area contributed by atoms with Crippen molar-refractivity contribution in [2.75, 3.05) is 7.11 Å². The van der Waals surface area contributed by atoms with E-state index in [-0.39, 0.29) is 12.3 Å². The topological polar surface area (TPSA) is 63.6 Å². The SMILES string of the molecule is COc1cccc(CC(=O)NN=Cc2ccccn2)c1. The Morgan fingerprint density at radius 3 is 3.00 bits per heavy atom. The zero-order chi connectivity index (χ0) is 14.2. The summed E-state index contributed by atoms with van der Waals surface area (Å²) < 4.78 is 5.11. The maximum Gasteiger partial charge on any atom is 0.244 e. The van der Waals surface area contributed by atoms with Crippen LogP contribution in [0.4, 0.5) is 0 Å². The molecular formula is C15H15N3O2. The number of nitrogens with zero attached hydrogens (tertiary/aromatic N) is 2. The number of carbonyl (C=O) groups is 1. The lowest BCUT2D eigenvalue weighted by atomic mass is 10.1. The molecule has 20 heavy (non-hydrogen) atoms. The normalized spacial score (nSPS) is 10.4. The van der Waals surface area contributed by atoms with Crippen molar-refractivity contribution in [3.63, 3.8) is 0 Å². The van der Waals surface area contributed by atoms with Crippen molar-refractivity contribution >= 4 is 12.1 Å². The Kier molecular flexibility index (Phi) is 4.83. The third-order valence-corrected chi connectivity index (χ3v) is 2.57. The van der Waals surface area contributed by atoms with Gasteiger partial charge in [-0.3, -0.25) is 9.78 Å². The lowest BCUT2D eigenvalue weighted by molar-refractivity contribution is -0.120. The van der Waals surface area contributed by atoms with Crippen LogP contribution in [0.5, 0.6) is 5.75 Å².